The van der Waals surface area contributed by atoms with Gasteiger partial charge in [-0.05, 0) is 42.0 Å². The summed E-state index contributed by atoms with van der Waals surface area (Å²) in [5.74, 6) is 1.34. The van der Waals surface area contributed by atoms with Crippen LogP contribution in [0.4, 0.5) is 0 Å². The van der Waals surface area contributed by atoms with Crippen molar-refractivity contribution >= 4 is 17.6 Å². The minimum atomic E-state index is -0.420. The average Bonchev–Trinajstić information content (AvgIpc) is 3.02. The van der Waals surface area contributed by atoms with Crippen LogP contribution in [0.1, 0.15) is 15.9 Å². The lowest BCUT2D eigenvalue weighted by molar-refractivity contribution is 0.0472. The molecule has 1 aliphatic rings. The number of hydrogen-bond acceptors (Lipinski definition) is 5. The van der Waals surface area contributed by atoms with Crippen LogP contribution in [0.15, 0.2) is 36.4 Å². The van der Waals surface area contributed by atoms with Crippen LogP contribution < -0.4 is 14.2 Å². The van der Waals surface area contributed by atoms with E-state index >= 15 is 0 Å². The second-order valence-electron chi connectivity index (χ2n) is 4.62. The molecule has 22 heavy (non-hydrogen) atoms. The van der Waals surface area contributed by atoms with E-state index in [4.69, 9.17) is 30.5 Å². The summed E-state index contributed by atoms with van der Waals surface area (Å²) in [5, 5.41) is 0.436. The third-order valence-electron chi connectivity index (χ3n) is 3.18. The molecule has 0 saturated heterocycles. The molecule has 0 saturated carbocycles. The van der Waals surface area contributed by atoms with Gasteiger partial charge in [0.15, 0.2) is 11.5 Å². The van der Waals surface area contributed by atoms with Gasteiger partial charge in [0, 0.05) is 0 Å². The van der Waals surface area contributed by atoms with E-state index < -0.39 is 5.97 Å². The Balaban J connectivity index is 1.67. The predicted molar refractivity (Wildman–Crippen MR) is 79.7 cm³/mol. The van der Waals surface area contributed by atoms with E-state index in [1.165, 1.54) is 0 Å². The Labute approximate surface area is 132 Å². The molecular formula is C16H13ClO5. The van der Waals surface area contributed by atoms with Crippen LogP contribution in [-0.2, 0) is 11.3 Å². The lowest BCUT2D eigenvalue weighted by atomic mass is 10.2. The topological polar surface area (TPSA) is 54.0 Å². The van der Waals surface area contributed by atoms with Crippen molar-refractivity contribution in [3.05, 3.63) is 52.5 Å². The Morgan fingerprint density at radius 1 is 1.23 bits per heavy atom. The molecule has 0 spiro atoms. The standard InChI is InChI=1S/C16H13ClO5/c1-19-12-4-2-11(3-5-12)16(18)20-8-10-6-13(17)15-14(7-10)21-9-22-15/h2-7H,8-9H2,1H3. The lowest BCUT2D eigenvalue weighted by Crippen LogP contribution is -2.05. The first-order valence-electron chi connectivity index (χ1n) is 6.56. The van der Waals surface area contributed by atoms with Crippen LogP contribution in [-0.4, -0.2) is 19.9 Å². The zero-order valence-electron chi connectivity index (χ0n) is 11.8. The van der Waals surface area contributed by atoms with Crippen molar-refractivity contribution in [2.75, 3.05) is 13.9 Å². The number of fused-ring (bicyclic) bond motifs is 1. The van der Waals surface area contributed by atoms with Gasteiger partial charge in [0.25, 0.3) is 0 Å². The lowest BCUT2D eigenvalue weighted by Gasteiger charge is -2.07. The number of ether oxygens (including phenoxy) is 4. The summed E-state index contributed by atoms with van der Waals surface area (Å²) >= 11 is 6.08. The van der Waals surface area contributed by atoms with E-state index in [9.17, 15) is 4.79 Å². The third-order valence-corrected chi connectivity index (χ3v) is 3.46. The SMILES string of the molecule is COc1ccc(C(=O)OCc2cc(Cl)c3c(c2)OCO3)cc1. The predicted octanol–water partition coefficient (Wildman–Crippen LogP) is 3.43. The number of benzene rings is 2. The van der Waals surface area contributed by atoms with E-state index in [-0.39, 0.29) is 13.4 Å². The Morgan fingerprint density at radius 3 is 2.73 bits per heavy atom. The van der Waals surface area contributed by atoms with Crippen molar-refractivity contribution in [3.63, 3.8) is 0 Å². The zero-order chi connectivity index (χ0) is 15.5. The Hall–Kier alpha value is -2.40. The molecule has 0 aromatic heterocycles. The molecule has 0 fully saturated rings. The molecule has 0 bridgehead atoms. The number of carbonyl (C=O) groups is 1. The number of methoxy groups -OCH3 is 1. The van der Waals surface area contributed by atoms with E-state index in [1.807, 2.05) is 0 Å². The van der Waals surface area contributed by atoms with Gasteiger partial charge in [-0.15, -0.1) is 0 Å². The summed E-state index contributed by atoms with van der Waals surface area (Å²) in [6, 6.07) is 10.1. The Bertz CT molecular complexity index is 696. The van der Waals surface area contributed by atoms with Gasteiger partial charge in [-0.3, -0.25) is 0 Å². The molecule has 0 unspecified atom stereocenters. The smallest absolute Gasteiger partial charge is 0.338 e. The first-order chi connectivity index (χ1) is 10.7. The summed E-state index contributed by atoms with van der Waals surface area (Å²) in [7, 11) is 1.57. The van der Waals surface area contributed by atoms with Gasteiger partial charge >= 0.3 is 5.97 Å². The first-order valence-corrected chi connectivity index (χ1v) is 6.94. The highest BCUT2D eigenvalue weighted by Gasteiger charge is 2.18. The van der Waals surface area contributed by atoms with Crippen molar-refractivity contribution in [1.29, 1.82) is 0 Å². The maximum absolute atomic E-state index is 12.0. The molecule has 2 aromatic rings. The number of carbonyl (C=O) groups excluding carboxylic acids is 1. The molecule has 3 rings (SSSR count). The molecule has 0 N–H and O–H groups in total. The third kappa shape index (κ3) is 2.94. The van der Waals surface area contributed by atoms with E-state index in [2.05, 4.69) is 0 Å². The number of halogens is 1. The van der Waals surface area contributed by atoms with Crippen LogP contribution in [0.2, 0.25) is 5.02 Å². The van der Waals surface area contributed by atoms with Gasteiger partial charge in [-0.1, -0.05) is 11.6 Å². The van der Waals surface area contributed by atoms with Crippen LogP contribution in [0.3, 0.4) is 0 Å². The number of esters is 1. The molecule has 1 aliphatic heterocycles. The molecule has 114 valence electrons. The fourth-order valence-electron chi connectivity index (χ4n) is 2.06. The molecule has 0 amide bonds. The Kier molecular flexibility index (Phi) is 4.06. The van der Waals surface area contributed by atoms with Crippen LogP contribution in [0, 0.1) is 0 Å². The van der Waals surface area contributed by atoms with Crippen LogP contribution in [0.5, 0.6) is 17.2 Å². The van der Waals surface area contributed by atoms with E-state index in [0.717, 1.165) is 5.56 Å². The molecule has 0 atom stereocenters. The zero-order valence-corrected chi connectivity index (χ0v) is 12.6. The largest absolute Gasteiger partial charge is 0.497 e. The highest BCUT2D eigenvalue weighted by molar-refractivity contribution is 6.32. The number of rotatable bonds is 4. The second-order valence-corrected chi connectivity index (χ2v) is 5.02. The quantitative estimate of drug-likeness (QED) is 0.808. The summed E-state index contributed by atoms with van der Waals surface area (Å²) in [5.41, 5.74) is 1.18. The maximum atomic E-state index is 12.0. The van der Waals surface area contributed by atoms with Crippen molar-refractivity contribution in [3.8, 4) is 17.2 Å². The summed E-state index contributed by atoms with van der Waals surface area (Å²) < 4.78 is 20.8. The molecule has 0 radical (unpaired) electrons. The summed E-state index contributed by atoms with van der Waals surface area (Å²) in [6.07, 6.45) is 0. The fraction of sp³-hybridized carbons (Fsp3) is 0.188. The van der Waals surface area contributed by atoms with Crippen molar-refractivity contribution < 1.29 is 23.7 Å². The fourth-order valence-corrected chi connectivity index (χ4v) is 2.35. The maximum Gasteiger partial charge on any atom is 0.338 e. The molecule has 5 nitrogen and oxygen atoms in total. The highest BCUT2D eigenvalue weighted by Crippen LogP contribution is 2.39. The van der Waals surface area contributed by atoms with Crippen molar-refractivity contribution in [1.82, 2.24) is 0 Å². The van der Waals surface area contributed by atoms with Gasteiger partial charge in [-0.25, -0.2) is 4.79 Å². The molecule has 1 heterocycles. The minimum absolute atomic E-state index is 0.0984. The monoisotopic (exact) mass is 320 g/mol. The molecule has 6 heteroatoms. The molecule has 0 aliphatic carbocycles. The average molecular weight is 321 g/mol. The van der Waals surface area contributed by atoms with Crippen molar-refractivity contribution in [2.45, 2.75) is 6.61 Å². The van der Waals surface area contributed by atoms with Crippen LogP contribution >= 0.6 is 11.6 Å². The minimum Gasteiger partial charge on any atom is -0.497 e. The summed E-state index contributed by atoms with van der Waals surface area (Å²) in [4.78, 5) is 12.0. The second kappa shape index (κ2) is 6.15. The molecular weight excluding hydrogens is 308 g/mol. The number of hydrogen-bond donors (Lipinski definition) is 0. The van der Waals surface area contributed by atoms with Crippen molar-refractivity contribution in [2.24, 2.45) is 0 Å². The van der Waals surface area contributed by atoms with E-state index in [0.29, 0.717) is 27.8 Å². The normalized spacial score (nSPS) is 12.1. The molecule has 2 aromatic carbocycles. The van der Waals surface area contributed by atoms with Crippen LogP contribution in [0.25, 0.3) is 0 Å². The van der Waals surface area contributed by atoms with Gasteiger partial charge in [-0.2, -0.15) is 0 Å². The van der Waals surface area contributed by atoms with E-state index in [1.54, 1.807) is 43.5 Å². The van der Waals surface area contributed by atoms with Gasteiger partial charge in [0.2, 0.25) is 6.79 Å². The Morgan fingerprint density at radius 2 is 2.00 bits per heavy atom. The van der Waals surface area contributed by atoms with Gasteiger partial charge in [0.05, 0.1) is 17.7 Å². The highest BCUT2D eigenvalue weighted by atomic mass is 35.5. The van der Waals surface area contributed by atoms with Gasteiger partial charge in [0.1, 0.15) is 12.4 Å². The first kappa shape index (κ1) is 14.5. The van der Waals surface area contributed by atoms with Gasteiger partial charge < -0.3 is 18.9 Å². The summed E-state index contributed by atoms with van der Waals surface area (Å²) in [6.45, 7) is 0.241.